The third-order valence-corrected chi connectivity index (χ3v) is 5.51. The smallest absolute Gasteiger partial charge is 0.222 e. The van der Waals surface area contributed by atoms with Crippen molar-refractivity contribution in [2.45, 2.75) is 84.5 Å². The molecule has 24 heavy (non-hydrogen) atoms. The van der Waals surface area contributed by atoms with Crippen molar-refractivity contribution in [1.82, 2.24) is 9.80 Å². The Hall–Kier alpha value is -1.35. The van der Waals surface area contributed by atoms with Crippen molar-refractivity contribution in [3.05, 3.63) is 35.9 Å². The molecule has 1 fully saturated rings. The van der Waals surface area contributed by atoms with Crippen molar-refractivity contribution in [3.63, 3.8) is 0 Å². The maximum Gasteiger partial charge on any atom is 0.222 e. The molecule has 1 saturated heterocycles. The predicted molar refractivity (Wildman–Crippen MR) is 101 cm³/mol. The van der Waals surface area contributed by atoms with Crippen LogP contribution < -0.4 is 0 Å². The van der Waals surface area contributed by atoms with Gasteiger partial charge in [-0.25, -0.2) is 0 Å². The first kappa shape index (κ1) is 19.0. The van der Waals surface area contributed by atoms with Crippen LogP contribution in [0.5, 0.6) is 0 Å². The fraction of sp³-hybridized carbons (Fsp3) is 0.667. The van der Waals surface area contributed by atoms with Gasteiger partial charge in [-0.1, -0.05) is 44.2 Å². The van der Waals surface area contributed by atoms with E-state index in [4.69, 9.17) is 0 Å². The average molecular weight is 331 g/mol. The van der Waals surface area contributed by atoms with Crippen LogP contribution in [-0.4, -0.2) is 39.4 Å². The molecule has 0 unspecified atom stereocenters. The van der Waals surface area contributed by atoms with Gasteiger partial charge >= 0.3 is 0 Å². The van der Waals surface area contributed by atoms with E-state index in [1.807, 2.05) is 13.0 Å². The van der Waals surface area contributed by atoms with Crippen LogP contribution in [-0.2, 0) is 11.3 Å². The number of amides is 1. The van der Waals surface area contributed by atoms with Crippen LogP contribution >= 0.6 is 0 Å². The molecule has 3 nitrogen and oxygen atoms in total. The molecule has 1 aromatic carbocycles. The molecule has 1 aromatic rings. The van der Waals surface area contributed by atoms with Crippen LogP contribution in [0.2, 0.25) is 0 Å². The Bertz CT molecular complexity index is 532. The van der Waals surface area contributed by atoms with E-state index >= 15 is 0 Å². The molecule has 1 heterocycles. The van der Waals surface area contributed by atoms with Gasteiger partial charge in [-0.05, 0) is 52.6 Å². The number of carbonyl (C=O) groups excluding carboxylic acids is 1. The number of rotatable bonds is 5. The summed E-state index contributed by atoms with van der Waals surface area (Å²) in [7, 11) is 0. The van der Waals surface area contributed by atoms with Crippen molar-refractivity contribution in [2.75, 3.05) is 6.54 Å². The Kier molecular flexibility index (Phi) is 5.74. The molecule has 134 valence electrons. The highest BCUT2D eigenvalue weighted by molar-refractivity contribution is 5.76. The minimum Gasteiger partial charge on any atom is -0.335 e. The van der Waals surface area contributed by atoms with Gasteiger partial charge in [-0.2, -0.15) is 0 Å². The zero-order valence-corrected chi connectivity index (χ0v) is 16.3. The fourth-order valence-electron chi connectivity index (χ4n) is 4.75. The van der Waals surface area contributed by atoms with Gasteiger partial charge in [0.2, 0.25) is 5.91 Å². The third kappa shape index (κ3) is 4.00. The Morgan fingerprint density at radius 1 is 1.08 bits per heavy atom. The maximum atomic E-state index is 12.7. The Balaban J connectivity index is 2.28. The van der Waals surface area contributed by atoms with Crippen LogP contribution in [0.1, 0.15) is 66.4 Å². The molecule has 0 saturated carbocycles. The summed E-state index contributed by atoms with van der Waals surface area (Å²) >= 11 is 0. The summed E-state index contributed by atoms with van der Waals surface area (Å²) in [6.07, 6.45) is 2.63. The molecule has 1 aliphatic heterocycles. The van der Waals surface area contributed by atoms with Gasteiger partial charge in [0.25, 0.3) is 0 Å². The highest BCUT2D eigenvalue weighted by Crippen LogP contribution is 2.40. The first-order valence-electron chi connectivity index (χ1n) is 9.32. The number of carbonyl (C=O) groups is 1. The van der Waals surface area contributed by atoms with Crippen molar-refractivity contribution >= 4 is 5.91 Å². The van der Waals surface area contributed by atoms with E-state index in [1.165, 1.54) is 5.56 Å². The van der Waals surface area contributed by atoms with Crippen LogP contribution in [0.25, 0.3) is 0 Å². The zero-order valence-electron chi connectivity index (χ0n) is 16.3. The van der Waals surface area contributed by atoms with E-state index in [2.05, 4.69) is 68.7 Å². The number of nitrogens with zero attached hydrogens (tertiary/aromatic N) is 2. The number of likely N-dealkylation sites (tertiary alicyclic amines) is 1. The molecule has 1 aliphatic rings. The molecule has 0 aliphatic carbocycles. The summed E-state index contributed by atoms with van der Waals surface area (Å²) in [5, 5.41) is 0. The van der Waals surface area contributed by atoms with E-state index in [9.17, 15) is 4.79 Å². The lowest BCUT2D eigenvalue weighted by Crippen LogP contribution is -2.64. The highest BCUT2D eigenvalue weighted by Gasteiger charge is 2.46. The maximum absolute atomic E-state index is 12.7. The molecule has 3 heteroatoms. The number of piperidine rings is 1. The Labute approximate surface area is 148 Å². The standard InChI is InChI=1S/C21H34N2O/c1-7-19(24)22(16-17-12-10-9-11-13-17)18-14-20(3,4)23(8-2)21(5,6)15-18/h9-13,18H,7-8,14-16H2,1-6H3. The molecule has 2 rings (SSSR count). The number of benzene rings is 1. The minimum absolute atomic E-state index is 0.101. The fourth-order valence-corrected chi connectivity index (χ4v) is 4.75. The number of hydrogen-bond donors (Lipinski definition) is 0. The predicted octanol–water partition coefficient (Wildman–Crippen LogP) is 4.47. The van der Waals surface area contributed by atoms with E-state index in [-0.39, 0.29) is 17.0 Å². The summed E-state index contributed by atoms with van der Waals surface area (Å²) in [6.45, 7) is 15.3. The summed E-state index contributed by atoms with van der Waals surface area (Å²) < 4.78 is 0. The van der Waals surface area contributed by atoms with Gasteiger partial charge in [0.1, 0.15) is 0 Å². The Morgan fingerprint density at radius 3 is 2.08 bits per heavy atom. The van der Waals surface area contributed by atoms with Gasteiger partial charge in [-0.15, -0.1) is 0 Å². The minimum atomic E-state index is 0.101. The lowest BCUT2D eigenvalue weighted by molar-refractivity contribution is -0.139. The second-order valence-corrected chi connectivity index (χ2v) is 8.29. The summed E-state index contributed by atoms with van der Waals surface area (Å²) in [4.78, 5) is 17.4. The van der Waals surface area contributed by atoms with Gasteiger partial charge in [0.05, 0.1) is 0 Å². The monoisotopic (exact) mass is 330 g/mol. The molecular weight excluding hydrogens is 296 g/mol. The van der Waals surface area contributed by atoms with E-state index in [0.717, 1.165) is 25.9 Å². The van der Waals surface area contributed by atoms with Crippen molar-refractivity contribution in [3.8, 4) is 0 Å². The lowest BCUT2D eigenvalue weighted by Gasteiger charge is -2.57. The van der Waals surface area contributed by atoms with Crippen molar-refractivity contribution in [2.24, 2.45) is 0 Å². The molecule has 0 radical (unpaired) electrons. The van der Waals surface area contributed by atoms with Gasteiger partial charge in [0.15, 0.2) is 0 Å². The first-order valence-corrected chi connectivity index (χ1v) is 9.32. The largest absolute Gasteiger partial charge is 0.335 e. The molecular formula is C21H34N2O. The van der Waals surface area contributed by atoms with Crippen LogP contribution in [0.15, 0.2) is 30.3 Å². The molecule has 0 spiro atoms. The molecule has 0 N–H and O–H groups in total. The van der Waals surface area contributed by atoms with E-state index in [0.29, 0.717) is 12.5 Å². The topological polar surface area (TPSA) is 23.6 Å². The summed E-state index contributed by atoms with van der Waals surface area (Å²) in [6, 6.07) is 10.7. The average Bonchev–Trinajstić information content (AvgIpc) is 2.51. The quantitative estimate of drug-likeness (QED) is 0.795. The second-order valence-electron chi connectivity index (χ2n) is 8.29. The number of hydrogen-bond acceptors (Lipinski definition) is 2. The van der Waals surface area contributed by atoms with Crippen molar-refractivity contribution in [1.29, 1.82) is 0 Å². The summed E-state index contributed by atoms with van der Waals surface area (Å²) in [5.41, 5.74) is 1.42. The van der Waals surface area contributed by atoms with Gasteiger partial charge in [0, 0.05) is 30.1 Å². The molecule has 0 bridgehead atoms. The normalized spacial score (nSPS) is 20.8. The SMILES string of the molecule is CCC(=O)N(Cc1ccccc1)C1CC(C)(C)N(CC)C(C)(C)C1. The van der Waals surface area contributed by atoms with E-state index < -0.39 is 0 Å². The first-order chi connectivity index (χ1) is 11.2. The van der Waals surface area contributed by atoms with Crippen LogP contribution in [0.4, 0.5) is 0 Å². The van der Waals surface area contributed by atoms with Gasteiger partial charge in [-0.3, -0.25) is 9.69 Å². The molecule has 0 atom stereocenters. The van der Waals surface area contributed by atoms with Crippen molar-refractivity contribution < 1.29 is 4.79 Å². The van der Waals surface area contributed by atoms with Gasteiger partial charge < -0.3 is 4.90 Å². The highest BCUT2D eigenvalue weighted by atomic mass is 16.2. The second kappa shape index (κ2) is 7.26. The summed E-state index contributed by atoms with van der Waals surface area (Å²) in [5.74, 6) is 0.264. The third-order valence-electron chi connectivity index (χ3n) is 5.51. The Morgan fingerprint density at radius 2 is 1.62 bits per heavy atom. The van der Waals surface area contributed by atoms with Crippen LogP contribution in [0, 0.1) is 0 Å². The van der Waals surface area contributed by atoms with Crippen LogP contribution in [0.3, 0.4) is 0 Å². The molecule has 0 aromatic heterocycles. The molecule has 1 amide bonds. The zero-order chi connectivity index (χ0) is 18.0. The van der Waals surface area contributed by atoms with E-state index in [1.54, 1.807) is 0 Å². The lowest BCUT2D eigenvalue weighted by atomic mass is 9.76.